The number of rotatable bonds is 2. The van der Waals surface area contributed by atoms with Crippen molar-refractivity contribution in [1.29, 1.82) is 0 Å². The van der Waals surface area contributed by atoms with Crippen LogP contribution in [0.4, 0.5) is 9.18 Å². The van der Waals surface area contributed by atoms with E-state index in [0.717, 1.165) is 0 Å². The zero-order chi connectivity index (χ0) is 10.8. The maximum absolute atomic E-state index is 13.5. The fraction of sp³-hybridized carbons (Fsp3) is 0.364. The summed E-state index contributed by atoms with van der Waals surface area (Å²) in [6.45, 7) is 3.11. The van der Waals surface area contributed by atoms with Gasteiger partial charge in [-0.3, -0.25) is 0 Å². The molecule has 0 spiro atoms. The Morgan fingerprint density at radius 2 is 2.20 bits per heavy atom. The molecule has 1 fully saturated rings. The summed E-state index contributed by atoms with van der Waals surface area (Å²) in [5, 5.41) is 2.70. The first-order valence-electron chi connectivity index (χ1n) is 4.99. The molecule has 0 radical (unpaired) electrons. The molecule has 80 valence electrons. The predicted octanol–water partition coefficient (Wildman–Crippen LogP) is 1.91. The summed E-state index contributed by atoms with van der Waals surface area (Å²) in [6, 6.07) is 6.23. The van der Waals surface area contributed by atoms with Crippen LogP contribution in [0, 0.1) is 5.82 Å². The van der Waals surface area contributed by atoms with E-state index in [9.17, 15) is 9.18 Å². The van der Waals surface area contributed by atoms with E-state index in [1.807, 2.05) is 6.92 Å². The quantitative estimate of drug-likeness (QED) is 0.791. The van der Waals surface area contributed by atoms with Crippen molar-refractivity contribution >= 4 is 6.03 Å². The maximum atomic E-state index is 13.5. The van der Waals surface area contributed by atoms with Crippen LogP contribution in [0.15, 0.2) is 24.3 Å². The lowest BCUT2D eigenvalue weighted by molar-refractivity contribution is 0.201. The average molecular weight is 208 g/mol. The Kier molecular flexibility index (Phi) is 2.58. The number of nitrogens with zero attached hydrogens (tertiary/aromatic N) is 1. The zero-order valence-electron chi connectivity index (χ0n) is 8.53. The summed E-state index contributed by atoms with van der Waals surface area (Å²) in [4.78, 5) is 13.0. The summed E-state index contributed by atoms with van der Waals surface area (Å²) in [5.74, 6) is -0.260. The van der Waals surface area contributed by atoms with E-state index < -0.39 is 0 Å². The largest absolute Gasteiger partial charge is 0.336 e. The van der Waals surface area contributed by atoms with Crippen LogP contribution in [0.25, 0.3) is 0 Å². The second-order valence-electron chi connectivity index (χ2n) is 3.62. The fourth-order valence-electron chi connectivity index (χ4n) is 1.84. The van der Waals surface area contributed by atoms with Crippen molar-refractivity contribution in [2.75, 3.05) is 13.1 Å². The van der Waals surface area contributed by atoms with Gasteiger partial charge in [0.1, 0.15) is 5.82 Å². The molecular weight excluding hydrogens is 195 g/mol. The van der Waals surface area contributed by atoms with Crippen LogP contribution in [0.1, 0.15) is 18.5 Å². The van der Waals surface area contributed by atoms with Crippen LogP contribution in [0.2, 0.25) is 0 Å². The number of hydrogen-bond donors (Lipinski definition) is 1. The SMILES string of the molecule is CC(c1ccccc1F)N1CCNC1=O. The molecule has 1 aliphatic rings. The van der Waals surface area contributed by atoms with Gasteiger partial charge >= 0.3 is 6.03 Å². The number of carbonyl (C=O) groups is 1. The van der Waals surface area contributed by atoms with E-state index in [4.69, 9.17) is 0 Å². The van der Waals surface area contributed by atoms with Crippen molar-refractivity contribution in [3.63, 3.8) is 0 Å². The monoisotopic (exact) mass is 208 g/mol. The molecule has 1 N–H and O–H groups in total. The minimum absolute atomic E-state index is 0.120. The van der Waals surface area contributed by atoms with Gasteiger partial charge < -0.3 is 10.2 Å². The minimum Gasteiger partial charge on any atom is -0.336 e. The van der Waals surface area contributed by atoms with E-state index in [0.29, 0.717) is 18.7 Å². The van der Waals surface area contributed by atoms with Gasteiger partial charge in [-0.1, -0.05) is 18.2 Å². The molecule has 2 rings (SSSR count). The predicted molar refractivity (Wildman–Crippen MR) is 54.9 cm³/mol. The van der Waals surface area contributed by atoms with Crippen LogP contribution < -0.4 is 5.32 Å². The van der Waals surface area contributed by atoms with E-state index >= 15 is 0 Å². The van der Waals surface area contributed by atoms with Crippen molar-refractivity contribution in [2.24, 2.45) is 0 Å². The van der Waals surface area contributed by atoms with E-state index in [1.54, 1.807) is 23.1 Å². The van der Waals surface area contributed by atoms with Gasteiger partial charge in [-0.15, -0.1) is 0 Å². The third kappa shape index (κ3) is 1.79. The number of nitrogens with one attached hydrogen (secondary N) is 1. The Morgan fingerprint density at radius 3 is 2.80 bits per heavy atom. The van der Waals surface area contributed by atoms with E-state index in [2.05, 4.69) is 5.32 Å². The summed E-state index contributed by atoms with van der Waals surface area (Å²) in [5.41, 5.74) is 0.564. The van der Waals surface area contributed by atoms with Crippen molar-refractivity contribution in [2.45, 2.75) is 13.0 Å². The molecule has 1 atom stereocenters. The standard InChI is InChI=1S/C11H13FN2O/c1-8(14-7-6-13-11(14)15)9-4-2-3-5-10(9)12/h2-5,8H,6-7H2,1H3,(H,13,15). The number of halogens is 1. The van der Waals surface area contributed by atoms with Crippen molar-refractivity contribution in [3.05, 3.63) is 35.6 Å². The van der Waals surface area contributed by atoms with Crippen molar-refractivity contribution in [1.82, 2.24) is 10.2 Å². The Morgan fingerprint density at radius 1 is 1.47 bits per heavy atom. The smallest absolute Gasteiger partial charge is 0.318 e. The van der Waals surface area contributed by atoms with Crippen LogP contribution in [0.3, 0.4) is 0 Å². The second kappa shape index (κ2) is 3.88. The number of amides is 2. The highest BCUT2D eigenvalue weighted by atomic mass is 19.1. The molecule has 15 heavy (non-hydrogen) atoms. The lowest BCUT2D eigenvalue weighted by atomic mass is 10.1. The van der Waals surface area contributed by atoms with E-state index in [-0.39, 0.29) is 17.9 Å². The Labute approximate surface area is 87.9 Å². The zero-order valence-corrected chi connectivity index (χ0v) is 8.53. The number of urea groups is 1. The second-order valence-corrected chi connectivity index (χ2v) is 3.62. The molecule has 1 saturated heterocycles. The van der Waals surface area contributed by atoms with Crippen molar-refractivity contribution in [3.8, 4) is 0 Å². The first-order valence-corrected chi connectivity index (χ1v) is 4.99. The minimum atomic E-state index is -0.260. The molecule has 1 aromatic rings. The Hall–Kier alpha value is -1.58. The summed E-state index contributed by atoms with van der Waals surface area (Å²) < 4.78 is 13.5. The van der Waals surface area contributed by atoms with Crippen molar-refractivity contribution < 1.29 is 9.18 Å². The molecule has 2 amide bonds. The first kappa shape index (κ1) is 9.96. The Balaban J connectivity index is 2.24. The molecule has 3 nitrogen and oxygen atoms in total. The molecule has 0 saturated carbocycles. The van der Waals surface area contributed by atoms with Gasteiger partial charge in [-0.05, 0) is 13.0 Å². The summed E-state index contributed by atoms with van der Waals surface area (Å²) in [6.07, 6.45) is 0. The highest BCUT2D eigenvalue weighted by molar-refractivity contribution is 5.76. The van der Waals surface area contributed by atoms with Gasteiger partial charge in [0.15, 0.2) is 0 Å². The summed E-state index contributed by atoms with van der Waals surface area (Å²) >= 11 is 0. The van der Waals surface area contributed by atoms with Gasteiger partial charge in [0, 0.05) is 18.7 Å². The third-order valence-electron chi connectivity index (χ3n) is 2.71. The number of hydrogen-bond acceptors (Lipinski definition) is 1. The van der Waals surface area contributed by atoms with Gasteiger partial charge in [0.2, 0.25) is 0 Å². The fourth-order valence-corrected chi connectivity index (χ4v) is 1.84. The molecule has 4 heteroatoms. The normalized spacial score (nSPS) is 17.7. The molecule has 0 bridgehead atoms. The van der Waals surface area contributed by atoms with Crippen LogP contribution in [-0.4, -0.2) is 24.0 Å². The van der Waals surface area contributed by atoms with Gasteiger partial charge in [0.05, 0.1) is 6.04 Å². The molecule has 1 unspecified atom stereocenters. The molecule has 1 aliphatic heterocycles. The van der Waals surface area contributed by atoms with Gasteiger partial charge in [-0.25, -0.2) is 9.18 Å². The average Bonchev–Trinajstić information content (AvgIpc) is 2.64. The van der Waals surface area contributed by atoms with Crippen LogP contribution >= 0.6 is 0 Å². The number of carbonyl (C=O) groups excluding carboxylic acids is 1. The lowest BCUT2D eigenvalue weighted by Crippen LogP contribution is -2.31. The highest BCUT2D eigenvalue weighted by Gasteiger charge is 2.26. The maximum Gasteiger partial charge on any atom is 0.318 e. The summed E-state index contributed by atoms with van der Waals surface area (Å²) in [7, 11) is 0. The van der Waals surface area contributed by atoms with Crippen LogP contribution in [-0.2, 0) is 0 Å². The Bertz CT molecular complexity index is 381. The lowest BCUT2D eigenvalue weighted by Gasteiger charge is -2.23. The third-order valence-corrected chi connectivity index (χ3v) is 2.71. The van der Waals surface area contributed by atoms with E-state index in [1.165, 1.54) is 6.07 Å². The molecular formula is C11H13FN2O. The topological polar surface area (TPSA) is 32.3 Å². The number of benzene rings is 1. The van der Waals surface area contributed by atoms with Gasteiger partial charge in [0.25, 0.3) is 0 Å². The molecule has 1 aromatic carbocycles. The first-order chi connectivity index (χ1) is 7.20. The van der Waals surface area contributed by atoms with Gasteiger partial charge in [-0.2, -0.15) is 0 Å². The molecule has 1 heterocycles. The molecule has 0 aliphatic carbocycles. The highest BCUT2D eigenvalue weighted by Crippen LogP contribution is 2.23. The van der Waals surface area contributed by atoms with Crippen LogP contribution in [0.5, 0.6) is 0 Å². The molecule has 0 aromatic heterocycles.